The summed E-state index contributed by atoms with van der Waals surface area (Å²) >= 11 is 0. The number of rotatable bonds is 3. The van der Waals surface area contributed by atoms with Gasteiger partial charge >= 0.3 is 0 Å². The number of hydrogen-bond donors (Lipinski definition) is 0. The first-order valence-electron chi connectivity index (χ1n) is 15.2. The minimum atomic E-state index is 0.866. The lowest BCUT2D eigenvalue weighted by Crippen LogP contribution is -2.03. The average Bonchev–Trinajstić information content (AvgIpc) is 3.76. The molecular formula is C41H25N3O. The highest BCUT2D eigenvalue weighted by molar-refractivity contribution is 6.17. The topological polar surface area (TPSA) is 35.9 Å². The molecule has 4 nitrogen and oxygen atoms in total. The molecule has 4 aromatic heterocycles. The van der Waals surface area contributed by atoms with Crippen LogP contribution in [0.4, 0.5) is 0 Å². The van der Waals surface area contributed by atoms with Crippen molar-refractivity contribution < 1.29 is 4.42 Å². The van der Waals surface area contributed by atoms with Crippen molar-refractivity contribution in [1.82, 2.24) is 14.1 Å². The van der Waals surface area contributed by atoms with Gasteiger partial charge in [-0.25, -0.2) is 4.98 Å². The van der Waals surface area contributed by atoms with Gasteiger partial charge in [-0.15, -0.1) is 0 Å². The summed E-state index contributed by atoms with van der Waals surface area (Å²) in [6, 6.07) is 53.4. The Bertz CT molecular complexity index is 2720. The fourth-order valence-corrected chi connectivity index (χ4v) is 7.26. The Morgan fingerprint density at radius 2 is 0.867 bits per heavy atom. The maximum absolute atomic E-state index is 6.53. The zero-order valence-corrected chi connectivity index (χ0v) is 24.2. The van der Waals surface area contributed by atoms with Crippen molar-refractivity contribution in [2.24, 2.45) is 0 Å². The fourth-order valence-electron chi connectivity index (χ4n) is 7.26. The average molecular weight is 576 g/mol. The highest BCUT2D eigenvalue weighted by atomic mass is 16.3. The van der Waals surface area contributed by atoms with E-state index < -0.39 is 0 Å². The van der Waals surface area contributed by atoms with Gasteiger partial charge in [-0.3, -0.25) is 9.13 Å². The normalized spacial score (nSPS) is 12.0. The van der Waals surface area contributed by atoms with Gasteiger partial charge in [-0.05, 0) is 36.4 Å². The molecule has 0 N–H and O–H groups in total. The molecule has 10 aromatic rings. The van der Waals surface area contributed by atoms with Gasteiger partial charge in [-0.1, -0.05) is 115 Å². The van der Waals surface area contributed by atoms with Crippen LogP contribution in [-0.2, 0) is 0 Å². The second-order valence-electron chi connectivity index (χ2n) is 11.6. The van der Waals surface area contributed by atoms with E-state index in [2.05, 4.69) is 149 Å². The molecule has 0 bridgehead atoms. The molecule has 0 aliphatic rings. The lowest BCUT2D eigenvalue weighted by Gasteiger charge is -2.13. The van der Waals surface area contributed by atoms with E-state index in [-0.39, 0.29) is 0 Å². The van der Waals surface area contributed by atoms with E-state index in [0.717, 1.165) is 66.8 Å². The molecule has 0 radical (unpaired) electrons. The molecule has 0 spiro atoms. The van der Waals surface area contributed by atoms with E-state index in [1.165, 1.54) is 21.5 Å². The molecule has 10 rings (SSSR count). The Morgan fingerprint density at radius 1 is 0.378 bits per heavy atom. The van der Waals surface area contributed by atoms with Gasteiger partial charge in [0.15, 0.2) is 0 Å². The molecule has 210 valence electrons. The van der Waals surface area contributed by atoms with Crippen LogP contribution >= 0.6 is 0 Å². The first-order chi connectivity index (χ1) is 22.3. The quantitative estimate of drug-likeness (QED) is 0.210. The van der Waals surface area contributed by atoms with Crippen molar-refractivity contribution in [2.45, 2.75) is 0 Å². The molecule has 0 atom stereocenters. The summed E-state index contributed by atoms with van der Waals surface area (Å²) in [4.78, 5) is 5.39. The number of para-hydroxylation sites is 6. The first-order valence-corrected chi connectivity index (χ1v) is 15.2. The van der Waals surface area contributed by atoms with E-state index in [1.54, 1.807) is 0 Å². The SMILES string of the molecule is c1cc(-n2c3ccccc3c3ccccc32)nc(-n2c3ccccc3c3cccc(-c4cccc5c4oc4ccccc45)c32)c1. The molecular weight excluding hydrogens is 550 g/mol. The fraction of sp³-hybridized carbons (Fsp3) is 0. The second kappa shape index (κ2) is 9.18. The Hall–Kier alpha value is -6.13. The van der Waals surface area contributed by atoms with Crippen molar-refractivity contribution in [3.05, 3.63) is 152 Å². The minimum Gasteiger partial charge on any atom is -0.455 e. The van der Waals surface area contributed by atoms with Crippen LogP contribution in [0.3, 0.4) is 0 Å². The van der Waals surface area contributed by atoms with E-state index >= 15 is 0 Å². The molecule has 0 aliphatic carbocycles. The van der Waals surface area contributed by atoms with E-state index in [0.29, 0.717) is 0 Å². The van der Waals surface area contributed by atoms with Crippen LogP contribution in [0.25, 0.3) is 88.3 Å². The van der Waals surface area contributed by atoms with Gasteiger partial charge in [0.1, 0.15) is 22.8 Å². The number of pyridine rings is 1. The van der Waals surface area contributed by atoms with Crippen molar-refractivity contribution >= 4 is 65.6 Å². The van der Waals surface area contributed by atoms with Gasteiger partial charge in [0.25, 0.3) is 0 Å². The first kappa shape index (κ1) is 24.3. The highest BCUT2D eigenvalue weighted by Crippen LogP contribution is 2.42. The van der Waals surface area contributed by atoms with Crippen LogP contribution in [0.15, 0.2) is 156 Å². The second-order valence-corrected chi connectivity index (χ2v) is 11.6. The van der Waals surface area contributed by atoms with Gasteiger partial charge in [0, 0.05) is 43.4 Å². The Morgan fingerprint density at radius 3 is 1.58 bits per heavy atom. The van der Waals surface area contributed by atoms with Gasteiger partial charge < -0.3 is 4.42 Å². The van der Waals surface area contributed by atoms with Crippen LogP contribution in [0.2, 0.25) is 0 Å². The van der Waals surface area contributed by atoms with Crippen LogP contribution in [0, 0.1) is 0 Å². The smallest absolute Gasteiger partial charge is 0.143 e. The largest absolute Gasteiger partial charge is 0.455 e. The van der Waals surface area contributed by atoms with Gasteiger partial charge in [-0.2, -0.15) is 0 Å². The van der Waals surface area contributed by atoms with E-state index in [1.807, 2.05) is 12.1 Å². The van der Waals surface area contributed by atoms with Crippen LogP contribution in [-0.4, -0.2) is 14.1 Å². The van der Waals surface area contributed by atoms with E-state index in [9.17, 15) is 0 Å². The number of nitrogens with zero attached hydrogens (tertiary/aromatic N) is 3. The van der Waals surface area contributed by atoms with Crippen molar-refractivity contribution in [2.75, 3.05) is 0 Å². The van der Waals surface area contributed by atoms with Crippen LogP contribution in [0.5, 0.6) is 0 Å². The molecule has 4 heteroatoms. The highest BCUT2D eigenvalue weighted by Gasteiger charge is 2.21. The molecule has 6 aromatic carbocycles. The van der Waals surface area contributed by atoms with Gasteiger partial charge in [0.05, 0.1) is 22.1 Å². The third-order valence-corrected chi connectivity index (χ3v) is 9.15. The third-order valence-electron chi connectivity index (χ3n) is 9.15. The number of fused-ring (bicyclic) bond motifs is 9. The molecule has 4 heterocycles. The lowest BCUT2D eigenvalue weighted by molar-refractivity contribution is 0.670. The summed E-state index contributed by atoms with van der Waals surface area (Å²) < 4.78 is 11.1. The predicted molar refractivity (Wildman–Crippen MR) is 186 cm³/mol. The zero-order valence-electron chi connectivity index (χ0n) is 24.2. The van der Waals surface area contributed by atoms with E-state index in [4.69, 9.17) is 9.40 Å². The lowest BCUT2D eigenvalue weighted by atomic mass is 9.99. The predicted octanol–water partition coefficient (Wildman–Crippen LogP) is 10.8. The molecule has 0 fully saturated rings. The number of furan rings is 1. The summed E-state index contributed by atoms with van der Waals surface area (Å²) in [5, 5.41) is 7.06. The maximum Gasteiger partial charge on any atom is 0.143 e. The maximum atomic E-state index is 6.53. The standard InChI is InChI=1S/C41H25N3O/c1-5-20-34-26(12-1)27-13-2-6-21-35(27)43(34)38-24-11-25-39(42-38)44-36-22-7-3-14-28(36)30-16-9-17-31(40(30)44)33-19-10-18-32-29-15-4-8-23-37(29)45-41(32)33/h1-25H. The minimum absolute atomic E-state index is 0.866. The molecule has 0 saturated carbocycles. The van der Waals surface area contributed by atoms with Crippen LogP contribution < -0.4 is 0 Å². The Kier molecular flexibility index (Phi) is 4.96. The molecule has 45 heavy (non-hydrogen) atoms. The van der Waals surface area contributed by atoms with Crippen molar-refractivity contribution in [3.63, 3.8) is 0 Å². The monoisotopic (exact) mass is 575 g/mol. The number of benzene rings is 6. The van der Waals surface area contributed by atoms with Crippen LogP contribution in [0.1, 0.15) is 0 Å². The molecule has 0 saturated heterocycles. The molecule has 0 unspecified atom stereocenters. The zero-order chi connectivity index (χ0) is 29.5. The summed E-state index contributed by atoms with van der Waals surface area (Å²) in [7, 11) is 0. The number of hydrogen-bond acceptors (Lipinski definition) is 2. The van der Waals surface area contributed by atoms with Gasteiger partial charge in [0.2, 0.25) is 0 Å². The Labute approximate surface area is 258 Å². The van der Waals surface area contributed by atoms with Crippen molar-refractivity contribution in [3.8, 4) is 22.8 Å². The summed E-state index contributed by atoms with van der Waals surface area (Å²) in [5.74, 6) is 1.75. The summed E-state index contributed by atoms with van der Waals surface area (Å²) in [6.07, 6.45) is 0. The van der Waals surface area contributed by atoms with Crippen molar-refractivity contribution in [1.29, 1.82) is 0 Å². The summed E-state index contributed by atoms with van der Waals surface area (Å²) in [6.45, 7) is 0. The Balaban J connectivity index is 1.29. The third kappa shape index (κ3) is 3.39. The number of aromatic nitrogens is 3. The molecule has 0 aliphatic heterocycles. The molecule has 0 amide bonds. The summed E-state index contributed by atoms with van der Waals surface area (Å²) in [5.41, 5.74) is 8.48.